The van der Waals surface area contributed by atoms with E-state index in [4.69, 9.17) is 17.0 Å². The molecule has 0 spiro atoms. The van der Waals surface area contributed by atoms with Crippen molar-refractivity contribution >= 4 is 48.1 Å². The molecule has 2 radical (unpaired) electrons. The van der Waals surface area contributed by atoms with Crippen LogP contribution in [0.5, 0.6) is 0 Å². The van der Waals surface area contributed by atoms with Crippen LogP contribution in [0.1, 0.15) is 11.1 Å². The van der Waals surface area contributed by atoms with Gasteiger partial charge in [0.25, 0.3) is 0 Å². The quantitative estimate of drug-likeness (QED) is 0.132. The van der Waals surface area contributed by atoms with Crippen molar-refractivity contribution in [3.63, 3.8) is 0 Å². The Morgan fingerprint density at radius 2 is 0.868 bits per heavy atom. The molecule has 0 atom stereocenters. The molecule has 0 aliphatic heterocycles. The number of hydrogen-bond donors (Lipinski definition) is 0. The maximum atomic E-state index is 4.93. The average Bonchev–Trinajstić information content (AvgIpc) is 3.50. The van der Waals surface area contributed by atoms with Gasteiger partial charge in [0.05, 0.1) is 0 Å². The van der Waals surface area contributed by atoms with Crippen LogP contribution in [0.15, 0.2) is 121 Å². The third-order valence-corrected chi connectivity index (χ3v) is 5.92. The molecule has 0 amide bonds. The Balaban J connectivity index is 0.000000175. The number of rotatable bonds is 2. The average molecular weight is 631 g/mol. The van der Waals surface area contributed by atoms with Crippen molar-refractivity contribution in [2.24, 2.45) is 0 Å². The molecule has 0 aliphatic rings. The van der Waals surface area contributed by atoms with Crippen molar-refractivity contribution in [2.75, 3.05) is 0 Å². The first kappa shape index (κ1) is 30.3. The molecule has 0 aliphatic carbocycles. The summed E-state index contributed by atoms with van der Waals surface area (Å²) in [4.78, 5) is 0. The van der Waals surface area contributed by atoms with E-state index in [2.05, 4.69) is 148 Å². The Hall–Kier alpha value is -2.22. The van der Waals surface area contributed by atoms with E-state index in [9.17, 15) is 0 Å². The van der Waals surface area contributed by atoms with Gasteiger partial charge in [-0.2, -0.15) is 12.1 Å². The van der Waals surface area contributed by atoms with Crippen LogP contribution in [0.2, 0.25) is 13.1 Å². The summed E-state index contributed by atoms with van der Waals surface area (Å²) >= 11 is -0.826. The summed E-state index contributed by atoms with van der Waals surface area (Å²) in [5.74, 6) is 0. The van der Waals surface area contributed by atoms with Gasteiger partial charge < -0.3 is 0 Å². The number of hydrogen-bond acceptors (Lipinski definition) is 0. The van der Waals surface area contributed by atoms with Gasteiger partial charge in [-0.1, -0.05) is 111 Å². The molecule has 6 rings (SSSR count). The first-order chi connectivity index (χ1) is 18.5. The van der Waals surface area contributed by atoms with Crippen LogP contribution in [0.3, 0.4) is 0 Å². The normalized spacial score (nSPS) is 9.84. The molecule has 190 valence electrons. The minimum absolute atomic E-state index is 0.826. The molecule has 4 heteroatoms. The van der Waals surface area contributed by atoms with Crippen molar-refractivity contribution in [1.29, 1.82) is 0 Å². The summed E-state index contributed by atoms with van der Waals surface area (Å²) in [6, 6.07) is 43.2. The third-order valence-electron chi connectivity index (χ3n) is 5.92. The predicted molar refractivity (Wildman–Crippen MR) is 169 cm³/mol. The second-order valence-electron chi connectivity index (χ2n) is 9.06. The van der Waals surface area contributed by atoms with E-state index in [0.717, 1.165) is 9.52 Å². The molecule has 0 saturated carbocycles. The molecule has 6 aromatic carbocycles. The molecule has 6 aromatic rings. The molecule has 0 unspecified atom stereocenters. The molecule has 0 bridgehead atoms. The molecule has 0 aromatic heterocycles. The SMILES string of the molecule is C[Si]C.Cc1cc2ccc(-c3ccccc3)cc2[cH-]1.Cc1cc2ccc(-c3ccccc3)cc2[cH-]1.[Cl][Zr+2][Cl]. The molecule has 0 heterocycles. The summed E-state index contributed by atoms with van der Waals surface area (Å²) in [5.41, 5.74) is 7.81. The predicted octanol–water partition coefficient (Wildman–Crippen LogP) is 11.2. The van der Waals surface area contributed by atoms with Crippen LogP contribution < -0.4 is 0 Å². The molecule has 0 N–H and O–H groups in total. The van der Waals surface area contributed by atoms with Crippen LogP contribution >= 0.6 is 17.0 Å². The van der Waals surface area contributed by atoms with Crippen molar-refractivity contribution in [3.05, 3.63) is 132 Å². The number of halogens is 2. The van der Waals surface area contributed by atoms with E-state index in [-0.39, 0.29) is 0 Å². The molecule has 0 fully saturated rings. The Morgan fingerprint density at radius 3 is 1.21 bits per heavy atom. The summed E-state index contributed by atoms with van der Waals surface area (Å²) < 4.78 is 0. The Bertz CT molecular complexity index is 1400. The second kappa shape index (κ2) is 16.0. The van der Waals surface area contributed by atoms with Crippen LogP contribution in [0.25, 0.3) is 43.8 Å². The van der Waals surface area contributed by atoms with Gasteiger partial charge >= 0.3 is 37.9 Å². The van der Waals surface area contributed by atoms with E-state index in [0.29, 0.717) is 0 Å². The van der Waals surface area contributed by atoms with E-state index >= 15 is 0 Å². The summed E-state index contributed by atoms with van der Waals surface area (Å²) in [6.07, 6.45) is 0. The fourth-order valence-corrected chi connectivity index (χ4v) is 4.35. The Labute approximate surface area is 248 Å². The fraction of sp³-hybridized carbons (Fsp3) is 0.118. The first-order valence-corrected chi connectivity index (χ1v) is 20.8. The van der Waals surface area contributed by atoms with Crippen molar-refractivity contribution in [1.82, 2.24) is 0 Å². The van der Waals surface area contributed by atoms with Crippen molar-refractivity contribution in [2.45, 2.75) is 26.9 Å². The van der Waals surface area contributed by atoms with Crippen LogP contribution in [0.4, 0.5) is 0 Å². The van der Waals surface area contributed by atoms with E-state index in [1.807, 2.05) is 0 Å². The molecular weight excluding hydrogens is 599 g/mol. The van der Waals surface area contributed by atoms with Gasteiger partial charge in [-0.25, -0.2) is 0 Å². The zero-order valence-electron chi connectivity index (χ0n) is 22.3. The Kier molecular flexibility index (Phi) is 12.8. The van der Waals surface area contributed by atoms with Gasteiger partial charge in [-0.3, -0.25) is 0 Å². The summed E-state index contributed by atoms with van der Waals surface area (Å²) in [7, 11) is 11.0. The van der Waals surface area contributed by atoms with Crippen molar-refractivity contribution < 1.29 is 20.8 Å². The zero-order valence-corrected chi connectivity index (χ0v) is 27.3. The molecule has 0 nitrogen and oxygen atoms in total. The van der Waals surface area contributed by atoms with Crippen LogP contribution in [0, 0.1) is 13.8 Å². The van der Waals surface area contributed by atoms with Gasteiger partial charge in [0.2, 0.25) is 0 Å². The van der Waals surface area contributed by atoms with Gasteiger partial charge in [0.15, 0.2) is 0 Å². The maximum absolute atomic E-state index is 4.93. The number of benzene rings is 4. The summed E-state index contributed by atoms with van der Waals surface area (Å²) in [5, 5.41) is 5.33. The molecule has 38 heavy (non-hydrogen) atoms. The zero-order chi connectivity index (χ0) is 27.3. The standard InChI is InChI=1S/2C16H13.C2H6Si.2ClH.Zr/c2*1-12-9-14-7-8-15(11-16(14)10-12)13-5-3-2-4-6-13;1-3-2;;;/h2*2-11H,1H3;1-2H3;2*1H;/q2*-1;;;;+4/p-2. The molecule has 0 saturated heterocycles. The van der Waals surface area contributed by atoms with Gasteiger partial charge in [0, 0.05) is 9.52 Å². The number of fused-ring (bicyclic) bond motifs is 2. The third kappa shape index (κ3) is 8.92. The van der Waals surface area contributed by atoms with Crippen LogP contribution in [-0.2, 0) is 20.8 Å². The monoisotopic (exact) mass is 628 g/mol. The van der Waals surface area contributed by atoms with E-state index in [1.54, 1.807) is 0 Å². The van der Waals surface area contributed by atoms with Gasteiger partial charge in [0.1, 0.15) is 0 Å². The Morgan fingerprint density at radius 1 is 0.526 bits per heavy atom. The number of aryl methyl sites for hydroxylation is 2. The topological polar surface area (TPSA) is 0 Å². The van der Waals surface area contributed by atoms with Crippen LogP contribution in [-0.4, -0.2) is 9.52 Å². The van der Waals surface area contributed by atoms with E-state index < -0.39 is 20.8 Å². The fourth-order valence-electron chi connectivity index (χ4n) is 4.35. The second-order valence-corrected chi connectivity index (χ2v) is 13.8. The minimum atomic E-state index is -0.826. The molecular formula is C34H32Cl2SiZr. The summed E-state index contributed by atoms with van der Waals surface area (Å²) in [6.45, 7) is 8.59. The van der Waals surface area contributed by atoms with E-state index in [1.165, 1.54) is 54.9 Å². The van der Waals surface area contributed by atoms with Gasteiger partial charge in [-0.15, -0.1) is 69.1 Å². The first-order valence-electron chi connectivity index (χ1n) is 12.5. The van der Waals surface area contributed by atoms with Gasteiger partial charge in [-0.05, 0) is 11.1 Å². The van der Waals surface area contributed by atoms with Crippen molar-refractivity contribution in [3.8, 4) is 22.3 Å².